The van der Waals surface area contributed by atoms with Gasteiger partial charge in [-0.05, 0) is 57.1 Å². The summed E-state index contributed by atoms with van der Waals surface area (Å²) in [5, 5.41) is 9.34. The van der Waals surface area contributed by atoms with Gasteiger partial charge >= 0.3 is 5.97 Å². The molecule has 0 radical (unpaired) electrons. The van der Waals surface area contributed by atoms with Crippen molar-refractivity contribution in [2.75, 3.05) is 31.2 Å². The molecule has 3 aliphatic heterocycles. The Kier molecular flexibility index (Phi) is 7.86. The van der Waals surface area contributed by atoms with E-state index in [0.717, 1.165) is 23.2 Å². The number of benzene rings is 1. The van der Waals surface area contributed by atoms with Gasteiger partial charge in [0.1, 0.15) is 6.04 Å². The van der Waals surface area contributed by atoms with Crippen molar-refractivity contribution in [3.8, 4) is 0 Å². The third kappa shape index (κ3) is 4.06. The third-order valence-electron chi connectivity index (χ3n) is 8.13. The third-order valence-corrected chi connectivity index (χ3v) is 10.2. The zero-order chi connectivity index (χ0) is 26.2. The molecule has 36 heavy (non-hydrogen) atoms. The van der Waals surface area contributed by atoms with Gasteiger partial charge < -0.3 is 19.6 Å². The standard InChI is InChI=1S/C28H38N2O5S/c1-6-13-29(23-17(3)11-10-12-18(23)4)26(33)24-28-19(5)16-20(36-28)21(27(34)35-7-2)22(28)25(32)30(24)14-8-9-15-31/h6,10-12,19-22,24,31H,1,7-9,13-16H2,2-5H3/t19?,20-,21+,22+,24?,28?/m1/s1. The predicted molar refractivity (Wildman–Crippen MR) is 142 cm³/mol. The number of thioether (sulfide) groups is 1. The molecule has 0 aromatic heterocycles. The van der Waals surface area contributed by atoms with Crippen molar-refractivity contribution in [1.29, 1.82) is 0 Å². The van der Waals surface area contributed by atoms with Gasteiger partial charge in [-0.1, -0.05) is 31.2 Å². The number of carbonyl (C=O) groups excluding carboxylic acids is 3. The van der Waals surface area contributed by atoms with E-state index in [1.165, 1.54) is 0 Å². The van der Waals surface area contributed by atoms with E-state index in [2.05, 4.69) is 13.5 Å². The van der Waals surface area contributed by atoms with E-state index in [4.69, 9.17) is 4.74 Å². The van der Waals surface area contributed by atoms with E-state index in [1.807, 2.05) is 32.0 Å². The molecule has 6 atom stereocenters. The molecule has 2 amide bonds. The predicted octanol–water partition coefficient (Wildman–Crippen LogP) is 3.50. The van der Waals surface area contributed by atoms with Crippen molar-refractivity contribution in [2.45, 2.75) is 63.0 Å². The molecule has 3 unspecified atom stereocenters. The minimum absolute atomic E-state index is 0.0267. The number of amides is 2. The Morgan fingerprint density at radius 1 is 1.31 bits per heavy atom. The van der Waals surface area contributed by atoms with Gasteiger partial charge in [0, 0.05) is 30.6 Å². The lowest BCUT2D eigenvalue weighted by Gasteiger charge is -2.41. The average Bonchev–Trinajstić information content (AvgIpc) is 3.42. The number of aryl methyl sites for hydroxylation is 2. The van der Waals surface area contributed by atoms with E-state index in [9.17, 15) is 19.5 Å². The average molecular weight is 515 g/mol. The summed E-state index contributed by atoms with van der Waals surface area (Å²) in [6, 6.07) is 5.25. The highest BCUT2D eigenvalue weighted by atomic mass is 32.2. The van der Waals surface area contributed by atoms with E-state index in [1.54, 1.807) is 34.6 Å². The van der Waals surface area contributed by atoms with Gasteiger partial charge in [0.25, 0.3) is 5.91 Å². The van der Waals surface area contributed by atoms with Crippen molar-refractivity contribution in [3.05, 3.63) is 42.0 Å². The minimum Gasteiger partial charge on any atom is -0.466 e. The molecule has 1 spiro atoms. The van der Waals surface area contributed by atoms with Crippen LogP contribution in [-0.4, -0.2) is 70.1 Å². The van der Waals surface area contributed by atoms with Crippen molar-refractivity contribution >= 4 is 35.2 Å². The maximum Gasteiger partial charge on any atom is 0.310 e. The van der Waals surface area contributed by atoms with Gasteiger partial charge in [-0.25, -0.2) is 0 Å². The van der Waals surface area contributed by atoms with Gasteiger partial charge in [0.05, 0.1) is 23.2 Å². The molecule has 3 heterocycles. The number of anilines is 1. The second kappa shape index (κ2) is 10.6. The van der Waals surface area contributed by atoms with Crippen LogP contribution in [0.25, 0.3) is 0 Å². The summed E-state index contributed by atoms with van der Waals surface area (Å²) >= 11 is 1.66. The summed E-state index contributed by atoms with van der Waals surface area (Å²) < 4.78 is 4.73. The monoisotopic (exact) mass is 514 g/mol. The van der Waals surface area contributed by atoms with Crippen LogP contribution in [0.15, 0.2) is 30.9 Å². The van der Waals surface area contributed by atoms with Crippen molar-refractivity contribution in [3.63, 3.8) is 0 Å². The molecule has 1 aromatic rings. The molecule has 1 aromatic carbocycles. The van der Waals surface area contributed by atoms with Gasteiger partial charge in [0.2, 0.25) is 5.91 Å². The molecule has 1 N–H and O–H groups in total. The van der Waals surface area contributed by atoms with Crippen LogP contribution in [-0.2, 0) is 19.1 Å². The molecule has 4 rings (SSSR count). The molecule has 2 bridgehead atoms. The molecular formula is C28H38N2O5S. The first kappa shape index (κ1) is 26.7. The number of carbonyl (C=O) groups is 3. The number of hydrogen-bond donors (Lipinski definition) is 1. The van der Waals surface area contributed by atoms with Crippen LogP contribution in [0.4, 0.5) is 5.69 Å². The van der Waals surface area contributed by atoms with Crippen LogP contribution in [0, 0.1) is 31.6 Å². The lowest BCUT2D eigenvalue weighted by Crippen LogP contribution is -2.57. The summed E-state index contributed by atoms with van der Waals surface area (Å²) in [7, 11) is 0. The van der Waals surface area contributed by atoms with Crippen molar-refractivity contribution in [1.82, 2.24) is 4.90 Å². The molecule has 8 heteroatoms. The van der Waals surface area contributed by atoms with Crippen LogP contribution in [0.2, 0.25) is 0 Å². The summed E-state index contributed by atoms with van der Waals surface area (Å²) in [5.74, 6) is -1.62. The maximum absolute atomic E-state index is 14.6. The van der Waals surface area contributed by atoms with Crippen LogP contribution < -0.4 is 4.90 Å². The fourth-order valence-electron chi connectivity index (χ4n) is 6.74. The van der Waals surface area contributed by atoms with E-state index < -0.39 is 22.6 Å². The fraction of sp³-hybridized carbons (Fsp3) is 0.607. The number of likely N-dealkylation sites (tertiary alicyclic amines) is 1. The largest absolute Gasteiger partial charge is 0.466 e. The molecule has 0 saturated carbocycles. The van der Waals surface area contributed by atoms with Crippen LogP contribution in [0.1, 0.15) is 44.2 Å². The Bertz CT molecular complexity index is 1020. The normalized spacial score (nSPS) is 30.4. The summed E-state index contributed by atoms with van der Waals surface area (Å²) in [6.45, 7) is 12.8. The quantitative estimate of drug-likeness (QED) is 0.292. The smallest absolute Gasteiger partial charge is 0.310 e. The number of para-hydroxylation sites is 1. The fourth-order valence-corrected chi connectivity index (χ4v) is 9.14. The molecule has 0 aliphatic carbocycles. The number of fused-ring (bicyclic) bond motifs is 1. The zero-order valence-electron chi connectivity index (χ0n) is 21.7. The number of aliphatic hydroxyl groups is 1. The van der Waals surface area contributed by atoms with Crippen molar-refractivity contribution < 1.29 is 24.2 Å². The van der Waals surface area contributed by atoms with Gasteiger partial charge in [-0.3, -0.25) is 14.4 Å². The topological polar surface area (TPSA) is 87.2 Å². The summed E-state index contributed by atoms with van der Waals surface area (Å²) in [5.41, 5.74) is 2.81. The lowest BCUT2D eigenvalue weighted by molar-refractivity contribution is -0.154. The molecule has 3 saturated heterocycles. The summed E-state index contributed by atoms with van der Waals surface area (Å²) in [6.07, 6.45) is 3.63. The first-order chi connectivity index (χ1) is 17.2. The van der Waals surface area contributed by atoms with E-state index in [0.29, 0.717) is 25.9 Å². The second-order valence-electron chi connectivity index (χ2n) is 10.2. The Morgan fingerprint density at radius 2 is 2.00 bits per heavy atom. The molecule has 3 fully saturated rings. The zero-order valence-corrected chi connectivity index (χ0v) is 22.6. The highest BCUT2D eigenvalue weighted by molar-refractivity contribution is 8.02. The molecule has 3 aliphatic rings. The molecule has 7 nitrogen and oxygen atoms in total. The Balaban J connectivity index is 1.82. The number of ether oxygens (including phenoxy) is 1. The van der Waals surface area contributed by atoms with E-state index in [-0.39, 0.29) is 42.2 Å². The van der Waals surface area contributed by atoms with Gasteiger partial charge in [0.15, 0.2) is 0 Å². The van der Waals surface area contributed by atoms with Gasteiger partial charge in [-0.2, -0.15) is 0 Å². The lowest BCUT2D eigenvalue weighted by atomic mass is 9.66. The second-order valence-corrected chi connectivity index (χ2v) is 11.8. The number of rotatable bonds is 10. The number of unbranched alkanes of at least 4 members (excludes halogenated alkanes) is 1. The highest BCUT2D eigenvalue weighted by Crippen LogP contribution is 2.68. The number of aliphatic hydroxyl groups excluding tert-OH is 1. The van der Waals surface area contributed by atoms with Crippen molar-refractivity contribution in [2.24, 2.45) is 17.8 Å². The molecule has 196 valence electrons. The first-order valence-electron chi connectivity index (χ1n) is 13.0. The molecular weight excluding hydrogens is 476 g/mol. The van der Waals surface area contributed by atoms with Crippen LogP contribution >= 0.6 is 11.8 Å². The highest BCUT2D eigenvalue weighted by Gasteiger charge is 2.76. The number of nitrogens with zero attached hydrogens (tertiary/aromatic N) is 2. The minimum atomic E-state index is -0.697. The summed E-state index contributed by atoms with van der Waals surface area (Å²) in [4.78, 5) is 45.2. The van der Waals surface area contributed by atoms with Crippen LogP contribution in [0.5, 0.6) is 0 Å². The maximum atomic E-state index is 14.6. The Hall–Kier alpha value is -2.32. The number of esters is 1. The Morgan fingerprint density at radius 3 is 2.61 bits per heavy atom. The first-order valence-corrected chi connectivity index (χ1v) is 13.9. The van der Waals surface area contributed by atoms with Gasteiger partial charge in [-0.15, -0.1) is 18.3 Å². The van der Waals surface area contributed by atoms with E-state index >= 15 is 0 Å². The van der Waals surface area contributed by atoms with Crippen LogP contribution in [0.3, 0.4) is 0 Å². The SMILES string of the molecule is C=CCN(C(=O)C1N(CCCCO)C(=O)[C@@H]2[C@@H](C(=O)OCC)[C@H]3CC(C)C12S3)c1c(C)cccc1C. The Labute approximate surface area is 218 Å². The number of hydrogen-bond acceptors (Lipinski definition) is 6.